The van der Waals surface area contributed by atoms with Crippen LogP contribution < -0.4 is 11.1 Å². The lowest BCUT2D eigenvalue weighted by Crippen LogP contribution is -2.38. The highest BCUT2D eigenvalue weighted by Gasteiger charge is 2.42. The topological polar surface area (TPSA) is 106 Å². The van der Waals surface area contributed by atoms with Crippen LogP contribution in [0.2, 0.25) is 0 Å². The van der Waals surface area contributed by atoms with Gasteiger partial charge in [-0.1, -0.05) is 60.7 Å². The van der Waals surface area contributed by atoms with Gasteiger partial charge in [-0.25, -0.2) is 4.79 Å². The molecule has 140 valence electrons. The molecule has 0 aliphatic carbocycles. The van der Waals surface area contributed by atoms with E-state index < -0.39 is 18.0 Å². The van der Waals surface area contributed by atoms with E-state index in [9.17, 15) is 9.59 Å². The van der Waals surface area contributed by atoms with Crippen LogP contribution >= 0.6 is 0 Å². The number of oxime groups is 1. The van der Waals surface area contributed by atoms with Crippen LogP contribution in [-0.2, 0) is 27.6 Å². The minimum atomic E-state index is -0.698. The van der Waals surface area contributed by atoms with Gasteiger partial charge in [0.15, 0.2) is 0 Å². The van der Waals surface area contributed by atoms with Crippen LogP contribution in [0.5, 0.6) is 0 Å². The molecule has 0 radical (unpaired) electrons. The summed E-state index contributed by atoms with van der Waals surface area (Å²) in [6, 6.07) is 18.2. The number of nitrogens with one attached hydrogen (secondary N) is 1. The number of nitrogens with two attached hydrogens (primary N) is 1. The van der Waals surface area contributed by atoms with E-state index in [4.69, 9.17) is 15.3 Å². The number of benzene rings is 2. The van der Waals surface area contributed by atoms with Crippen molar-refractivity contribution >= 4 is 18.0 Å². The molecule has 0 aromatic heterocycles. The maximum absolute atomic E-state index is 12.1. The van der Waals surface area contributed by atoms with Crippen LogP contribution in [0.1, 0.15) is 11.1 Å². The van der Waals surface area contributed by atoms with Gasteiger partial charge in [0.05, 0.1) is 6.54 Å². The monoisotopic (exact) mass is 368 g/mol. The fraction of sp³-hybridized carbons (Fsp3) is 0.211. The molecule has 1 aliphatic heterocycles. The Labute approximate surface area is 156 Å². The minimum Gasteiger partial charge on any atom is -0.444 e. The van der Waals surface area contributed by atoms with E-state index in [0.717, 1.165) is 11.1 Å². The first-order chi connectivity index (χ1) is 13.1. The molecule has 8 nitrogen and oxygen atoms in total. The predicted octanol–water partition coefficient (Wildman–Crippen LogP) is 1.57. The van der Waals surface area contributed by atoms with Crippen molar-refractivity contribution in [2.75, 3.05) is 6.54 Å². The average Bonchev–Trinajstić information content (AvgIpc) is 3.48. The Morgan fingerprint density at radius 3 is 2.19 bits per heavy atom. The molecule has 2 amide bonds. The summed E-state index contributed by atoms with van der Waals surface area (Å²) in [5, 5.41) is 6.43. The SMILES string of the molecule is NC(=O)C1CN1/C(=N/OCc1ccccc1)NC(=O)OCc1ccccc1. The van der Waals surface area contributed by atoms with Crippen molar-refractivity contribution in [2.24, 2.45) is 10.9 Å². The van der Waals surface area contributed by atoms with E-state index >= 15 is 0 Å². The standard InChI is InChI=1S/C19H20N4O4/c20-17(24)16-11-23(16)18(22-27-13-15-9-5-2-6-10-15)21-19(25)26-12-14-7-3-1-4-8-14/h1-10,16H,11-13H2,(H2,20,24)(H,21,22,25). The number of amides is 2. The minimum absolute atomic E-state index is 0.0905. The second-order valence-corrected chi connectivity index (χ2v) is 5.93. The van der Waals surface area contributed by atoms with Gasteiger partial charge in [0.2, 0.25) is 11.9 Å². The number of ether oxygens (including phenoxy) is 1. The number of nitrogens with zero attached hydrogens (tertiary/aromatic N) is 2. The molecule has 0 bridgehead atoms. The number of alkyl carbamates (subject to hydrolysis) is 1. The van der Waals surface area contributed by atoms with Crippen LogP contribution in [-0.4, -0.2) is 35.4 Å². The van der Waals surface area contributed by atoms with Crippen molar-refractivity contribution in [3.8, 4) is 0 Å². The van der Waals surface area contributed by atoms with E-state index in [2.05, 4.69) is 10.5 Å². The molecule has 3 rings (SSSR count). The second-order valence-electron chi connectivity index (χ2n) is 5.93. The molecule has 1 aliphatic rings. The number of carbonyl (C=O) groups excluding carboxylic acids is 2. The number of primary amides is 1. The third-order valence-electron chi connectivity index (χ3n) is 3.86. The highest BCUT2D eigenvalue weighted by molar-refractivity contribution is 5.99. The van der Waals surface area contributed by atoms with Crippen LogP contribution in [0.25, 0.3) is 0 Å². The summed E-state index contributed by atoms with van der Waals surface area (Å²) in [6.45, 7) is 0.700. The van der Waals surface area contributed by atoms with Gasteiger partial charge in [-0.05, 0) is 16.3 Å². The lowest BCUT2D eigenvalue weighted by atomic mass is 10.2. The molecule has 27 heavy (non-hydrogen) atoms. The largest absolute Gasteiger partial charge is 0.444 e. The summed E-state index contributed by atoms with van der Waals surface area (Å²) in [6.07, 6.45) is -0.698. The normalized spacial score (nSPS) is 15.8. The first-order valence-corrected chi connectivity index (χ1v) is 8.41. The number of hydrogen-bond donors (Lipinski definition) is 2. The number of hydrogen-bond acceptors (Lipinski definition) is 5. The highest BCUT2D eigenvalue weighted by atomic mass is 16.6. The molecule has 0 spiro atoms. The quantitative estimate of drug-likeness (QED) is 0.348. The average molecular weight is 368 g/mol. The molecule has 1 unspecified atom stereocenters. The van der Waals surface area contributed by atoms with Crippen molar-refractivity contribution in [1.29, 1.82) is 0 Å². The molecule has 2 aromatic rings. The number of guanidine groups is 1. The summed E-state index contributed by atoms with van der Waals surface area (Å²) in [7, 11) is 0. The summed E-state index contributed by atoms with van der Waals surface area (Å²) in [4.78, 5) is 30.2. The van der Waals surface area contributed by atoms with Gasteiger partial charge in [-0.15, -0.1) is 0 Å². The van der Waals surface area contributed by atoms with Crippen LogP contribution in [0, 0.1) is 0 Å². The molecule has 3 N–H and O–H groups in total. The Bertz CT molecular complexity index is 811. The summed E-state index contributed by atoms with van der Waals surface area (Å²) in [5.74, 6) is -0.405. The van der Waals surface area contributed by atoms with Gasteiger partial charge < -0.3 is 20.2 Å². The third kappa shape index (κ3) is 5.46. The van der Waals surface area contributed by atoms with E-state index in [1.807, 2.05) is 60.7 Å². The first kappa shape index (κ1) is 18.2. The van der Waals surface area contributed by atoms with Gasteiger partial charge in [0.1, 0.15) is 19.3 Å². The van der Waals surface area contributed by atoms with Gasteiger partial charge in [0, 0.05) is 0 Å². The fourth-order valence-electron chi connectivity index (χ4n) is 2.36. The fourth-order valence-corrected chi connectivity index (χ4v) is 2.36. The third-order valence-corrected chi connectivity index (χ3v) is 3.86. The molecule has 8 heteroatoms. The van der Waals surface area contributed by atoms with Gasteiger partial charge in [0.25, 0.3) is 0 Å². The molecule has 1 fully saturated rings. The zero-order valence-corrected chi connectivity index (χ0v) is 14.6. The van der Waals surface area contributed by atoms with E-state index in [1.54, 1.807) is 0 Å². The van der Waals surface area contributed by atoms with Crippen LogP contribution in [0.15, 0.2) is 65.8 Å². The van der Waals surface area contributed by atoms with Crippen LogP contribution in [0.3, 0.4) is 0 Å². The van der Waals surface area contributed by atoms with Crippen LogP contribution in [0.4, 0.5) is 4.79 Å². The lowest BCUT2D eigenvalue weighted by Gasteiger charge is -2.11. The molecule has 1 heterocycles. The van der Waals surface area contributed by atoms with Crippen molar-refractivity contribution in [2.45, 2.75) is 19.3 Å². The molecule has 2 aromatic carbocycles. The highest BCUT2D eigenvalue weighted by Crippen LogP contribution is 2.17. The Morgan fingerprint density at radius 2 is 1.63 bits per heavy atom. The van der Waals surface area contributed by atoms with Gasteiger partial charge in [-0.2, -0.15) is 0 Å². The molecular formula is C19H20N4O4. The maximum atomic E-state index is 12.1. The summed E-state index contributed by atoms with van der Waals surface area (Å²) >= 11 is 0. The Kier molecular flexibility index (Phi) is 5.88. The number of carbonyl (C=O) groups is 2. The van der Waals surface area contributed by atoms with Crippen molar-refractivity contribution in [3.63, 3.8) is 0 Å². The summed E-state index contributed by atoms with van der Waals surface area (Å²) < 4.78 is 5.17. The predicted molar refractivity (Wildman–Crippen MR) is 98.1 cm³/mol. The van der Waals surface area contributed by atoms with E-state index in [1.165, 1.54) is 4.90 Å². The van der Waals surface area contributed by atoms with Crippen molar-refractivity contribution in [1.82, 2.24) is 10.2 Å². The molecular weight excluding hydrogens is 348 g/mol. The zero-order chi connectivity index (χ0) is 19.1. The van der Waals surface area contributed by atoms with E-state index in [0.29, 0.717) is 6.54 Å². The Balaban J connectivity index is 1.57. The molecule has 1 saturated heterocycles. The lowest BCUT2D eigenvalue weighted by molar-refractivity contribution is -0.118. The number of rotatable bonds is 6. The van der Waals surface area contributed by atoms with Crippen molar-refractivity contribution in [3.05, 3.63) is 71.8 Å². The maximum Gasteiger partial charge on any atom is 0.414 e. The van der Waals surface area contributed by atoms with Gasteiger partial charge in [-0.3, -0.25) is 10.1 Å². The first-order valence-electron chi connectivity index (χ1n) is 8.41. The smallest absolute Gasteiger partial charge is 0.414 e. The van der Waals surface area contributed by atoms with Gasteiger partial charge >= 0.3 is 6.09 Å². The second kappa shape index (κ2) is 8.70. The summed E-state index contributed by atoms with van der Waals surface area (Å²) in [5.41, 5.74) is 7.07. The van der Waals surface area contributed by atoms with E-state index in [-0.39, 0.29) is 19.2 Å². The zero-order valence-electron chi connectivity index (χ0n) is 14.6. The molecule has 0 saturated carbocycles. The Hall–Kier alpha value is -3.55. The van der Waals surface area contributed by atoms with Crippen molar-refractivity contribution < 1.29 is 19.2 Å². The molecule has 1 atom stereocenters. The Morgan fingerprint density at radius 1 is 1.04 bits per heavy atom.